The van der Waals surface area contributed by atoms with E-state index in [1.807, 2.05) is 54.1 Å². The molecule has 0 spiro atoms. The summed E-state index contributed by atoms with van der Waals surface area (Å²) in [5.74, 6) is 1.85. The number of amidine groups is 1. The first-order valence-electron chi connectivity index (χ1n) is 7.35. The highest BCUT2D eigenvalue weighted by Gasteiger charge is 2.12. The summed E-state index contributed by atoms with van der Waals surface area (Å²) in [6, 6.07) is 13.6. The maximum atomic E-state index is 7.54. The third-order valence-corrected chi connectivity index (χ3v) is 4.05. The highest BCUT2D eigenvalue weighted by atomic mass is 15.1. The van der Waals surface area contributed by atoms with Gasteiger partial charge < -0.3 is 15.3 Å². The number of hydrogen-bond donors (Lipinski definition) is 3. The van der Waals surface area contributed by atoms with E-state index < -0.39 is 0 Å². The number of para-hydroxylation sites is 2. The van der Waals surface area contributed by atoms with E-state index in [-0.39, 0.29) is 5.84 Å². The minimum Gasteiger partial charge on any atom is -0.384 e. The molecule has 0 saturated carbocycles. The Morgan fingerprint density at radius 1 is 1.17 bits per heavy atom. The Hall–Kier alpha value is -3.15. The largest absolute Gasteiger partial charge is 0.384 e. The second kappa shape index (κ2) is 4.95. The SMILES string of the molecule is Cn1c(Cc2nc3ccccc3[nH]2)nc2cc(C(=N)N)ccc21. The molecule has 2 aromatic heterocycles. The molecule has 6 heteroatoms. The van der Waals surface area contributed by atoms with Crippen molar-refractivity contribution in [1.82, 2.24) is 19.5 Å². The van der Waals surface area contributed by atoms with E-state index in [2.05, 4.69) is 15.0 Å². The van der Waals surface area contributed by atoms with Gasteiger partial charge in [0.2, 0.25) is 0 Å². The molecular formula is C17H16N6. The number of aromatic amines is 1. The first kappa shape index (κ1) is 13.5. The van der Waals surface area contributed by atoms with E-state index in [9.17, 15) is 0 Å². The Balaban J connectivity index is 1.76. The van der Waals surface area contributed by atoms with Crippen molar-refractivity contribution in [2.45, 2.75) is 6.42 Å². The van der Waals surface area contributed by atoms with Gasteiger partial charge >= 0.3 is 0 Å². The number of fused-ring (bicyclic) bond motifs is 2. The summed E-state index contributed by atoms with van der Waals surface area (Å²) in [7, 11) is 1.99. The zero-order valence-corrected chi connectivity index (χ0v) is 12.7. The van der Waals surface area contributed by atoms with E-state index >= 15 is 0 Å². The van der Waals surface area contributed by atoms with Crippen molar-refractivity contribution in [2.24, 2.45) is 12.8 Å². The second-order valence-electron chi connectivity index (χ2n) is 5.58. The maximum absolute atomic E-state index is 7.54. The molecule has 6 nitrogen and oxygen atoms in total. The van der Waals surface area contributed by atoms with Crippen LogP contribution in [-0.2, 0) is 13.5 Å². The minimum absolute atomic E-state index is 0.0522. The number of nitrogens with one attached hydrogen (secondary N) is 2. The summed E-state index contributed by atoms with van der Waals surface area (Å²) in [5, 5.41) is 7.54. The van der Waals surface area contributed by atoms with Crippen LogP contribution in [0.2, 0.25) is 0 Å². The van der Waals surface area contributed by atoms with Crippen molar-refractivity contribution >= 4 is 27.9 Å². The van der Waals surface area contributed by atoms with Crippen molar-refractivity contribution in [2.75, 3.05) is 0 Å². The van der Waals surface area contributed by atoms with E-state index in [0.29, 0.717) is 12.0 Å². The van der Waals surface area contributed by atoms with Gasteiger partial charge in [-0.3, -0.25) is 5.41 Å². The van der Waals surface area contributed by atoms with Gasteiger partial charge in [0.25, 0.3) is 0 Å². The van der Waals surface area contributed by atoms with Crippen molar-refractivity contribution in [1.29, 1.82) is 5.41 Å². The summed E-state index contributed by atoms with van der Waals surface area (Å²) < 4.78 is 2.05. The number of aryl methyl sites for hydroxylation is 1. The number of rotatable bonds is 3. The van der Waals surface area contributed by atoms with Gasteiger partial charge in [-0.05, 0) is 30.3 Å². The molecule has 4 rings (SSSR count). The molecule has 0 amide bonds. The molecule has 2 aromatic carbocycles. The van der Waals surface area contributed by atoms with Crippen LogP contribution in [0.25, 0.3) is 22.1 Å². The zero-order chi connectivity index (χ0) is 16.0. The third kappa shape index (κ3) is 2.24. The molecule has 0 aliphatic rings. The average Bonchev–Trinajstić information content (AvgIpc) is 3.08. The molecule has 0 unspecified atom stereocenters. The van der Waals surface area contributed by atoms with Crippen molar-refractivity contribution in [3.63, 3.8) is 0 Å². The smallest absolute Gasteiger partial charge is 0.122 e. The summed E-state index contributed by atoms with van der Waals surface area (Å²) in [6.07, 6.45) is 0.620. The number of aromatic nitrogens is 4. The minimum atomic E-state index is 0.0522. The van der Waals surface area contributed by atoms with Crippen LogP contribution in [0.3, 0.4) is 0 Å². The molecule has 4 aromatic rings. The molecule has 114 valence electrons. The van der Waals surface area contributed by atoms with Crippen LogP contribution in [0.4, 0.5) is 0 Å². The van der Waals surface area contributed by atoms with E-state index in [4.69, 9.17) is 11.1 Å². The van der Waals surface area contributed by atoms with E-state index in [1.54, 1.807) is 0 Å². The van der Waals surface area contributed by atoms with Gasteiger partial charge in [-0.15, -0.1) is 0 Å². The molecule has 0 saturated heterocycles. The number of benzene rings is 2. The quantitative estimate of drug-likeness (QED) is 0.400. The van der Waals surface area contributed by atoms with Gasteiger partial charge in [-0.25, -0.2) is 9.97 Å². The lowest BCUT2D eigenvalue weighted by Crippen LogP contribution is -2.10. The number of nitrogens with zero attached hydrogens (tertiary/aromatic N) is 3. The molecule has 0 fully saturated rings. The van der Waals surface area contributed by atoms with E-state index in [0.717, 1.165) is 33.7 Å². The Morgan fingerprint density at radius 3 is 2.78 bits per heavy atom. The van der Waals surface area contributed by atoms with Gasteiger partial charge in [-0.2, -0.15) is 0 Å². The van der Waals surface area contributed by atoms with Crippen molar-refractivity contribution in [3.8, 4) is 0 Å². The molecule has 2 heterocycles. The molecular weight excluding hydrogens is 288 g/mol. The van der Waals surface area contributed by atoms with Gasteiger partial charge in [0.15, 0.2) is 0 Å². The number of nitrogens with two attached hydrogens (primary N) is 1. The van der Waals surface area contributed by atoms with Crippen molar-refractivity contribution < 1.29 is 0 Å². The molecule has 23 heavy (non-hydrogen) atoms. The molecule has 0 radical (unpaired) electrons. The Kier molecular flexibility index (Phi) is 2.90. The summed E-state index contributed by atoms with van der Waals surface area (Å²) >= 11 is 0. The van der Waals surface area contributed by atoms with Gasteiger partial charge in [0.1, 0.15) is 17.5 Å². The molecule has 4 N–H and O–H groups in total. The molecule has 0 atom stereocenters. The van der Waals surface area contributed by atoms with Gasteiger partial charge in [0, 0.05) is 12.6 Å². The zero-order valence-electron chi connectivity index (χ0n) is 12.7. The fourth-order valence-electron chi connectivity index (χ4n) is 2.81. The van der Waals surface area contributed by atoms with Gasteiger partial charge in [0.05, 0.1) is 28.5 Å². The van der Waals surface area contributed by atoms with Crippen LogP contribution in [0.15, 0.2) is 42.5 Å². The summed E-state index contributed by atoms with van der Waals surface area (Å²) in [5.41, 5.74) is 10.1. The molecule has 0 aliphatic carbocycles. The third-order valence-electron chi connectivity index (χ3n) is 4.05. The lowest BCUT2D eigenvalue weighted by atomic mass is 10.2. The fourth-order valence-corrected chi connectivity index (χ4v) is 2.81. The highest BCUT2D eigenvalue weighted by Crippen LogP contribution is 2.19. The number of H-pyrrole nitrogens is 1. The van der Waals surface area contributed by atoms with Crippen LogP contribution < -0.4 is 5.73 Å². The average molecular weight is 304 g/mol. The Bertz CT molecular complexity index is 1010. The standard InChI is InChI=1S/C17H16N6/c1-23-14-7-6-10(17(18)19)8-13(14)22-16(23)9-15-20-11-4-2-3-5-12(11)21-15/h2-8H,9H2,1H3,(H3,18,19)(H,20,21). The number of hydrogen-bond acceptors (Lipinski definition) is 3. The first-order valence-corrected chi connectivity index (χ1v) is 7.35. The second-order valence-corrected chi connectivity index (χ2v) is 5.58. The predicted molar refractivity (Wildman–Crippen MR) is 90.6 cm³/mol. The Morgan fingerprint density at radius 2 is 2.00 bits per heavy atom. The van der Waals surface area contributed by atoms with Crippen LogP contribution in [0, 0.1) is 5.41 Å². The topological polar surface area (TPSA) is 96.4 Å². The predicted octanol–water partition coefficient (Wildman–Crippen LogP) is 2.32. The van der Waals surface area contributed by atoms with Crippen LogP contribution in [0.5, 0.6) is 0 Å². The van der Waals surface area contributed by atoms with Crippen LogP contribution in [-0.4, -0.2) is 25.4 Å². The number of imidazole rings is 2. The van der Waals surface area contributed by atoms with Crippen LogP contribution in [0.1, 0.15) is 17.2 Å². The highest BCUT2D eigenvalue weighted by molar-refractivity contribution is 5.98. The normalized spacial score (nSPS) is 11.3. The summed E-state index contributed by atoms with van der Waals surface area (Å²) in [6.45, 7) is 0. The maximum Gasteiger partial charge on any atom is 0.122 e. The lowest BCUT2D eigenvalue weighted by molar-refractivity contribution is 0.824. The van der Waals surface area contributed by atoms with E-state index in [1.165, 1.54) is 0 Å². The van der Waals surface area contributed by atoms with Gasteiger partial charge in [-0.1, -0.05) is 12.1 Å². The molecule has 0 aliphatic heterocycles. The lowest BCUT2D eigenvalue weighted by Gasteiger charge is -2.01. The van der Waals surface area contributed by atoms with Crippen LogP contribution >= 0.6 is 0 Å². The monoisotopic (exact) mass is 304 g/mol. The Labute approximate surface area is 132 Å². The first-order chi connectivity index (χ1) is 11.1. The van der Waals surface area contributed by atoms with Crippen molar-refractivity contribution in [3.05, 3.63) is 59.7 Å². The number of nitrogen functional groups attached to an aromatic ring is 1. The molecule has 0 bridgehead atoms. The summed E-state index contributed by atoms with van der Waals surface area (Å²) in [4.78, 5) is 12.6. The fraction of sp³-hybridized carbons (Fsp3) is 0.118.